The summed E-state index contributed by atoms with van der Waals surface area (Å²) in [5, 5.41) is 19.6. The number of rotatable bonds is 20. The highest BCUT2D eigenvalue weighted by molar-refractivity contribution is 7.13. The lowest BCUT2D eigenvalue weighted by atomic mass is 9.85. The standard InChI is InChI=1S/C53H68N8O8S/c1-31-47(70-30-57-31)37-18-16-34(17-19-37)27-56-49(65)42-26-39(62)28-60(42)52(68)48(53(3,4)5)59-45(64)15-7-6-10-33-11-8-12-35(24-33)29-69-32(2)41(22-23-44(55)63)58-50(66)43-25-38-14-9-13-36-20-21-40(54)51(67)61(43)46(36)38/h8-9,11-14,16-19,24,30,32,39-43,48,62H,6-7,10,15,20-23,25-29,54H2,1-5H3,(H2,55,63)(H,56,65)(H,58,66)(H,59,64)/t32-,39-,40+,41+,42+,43+,48-/m1/s1. The maximum Gasteiger partial charge on any atom is 0.246 e. The van der Waals surface area contributed by atoms with Crippen LogP contribution >= 0.6 is 11.3 Å². The number of anilines is 1. The van der Waals surface area contributed by atoms with Gasteiger partial charge in [0.15, 0.2) is 0 Å². The van der Waals surface area contributed by atoms with Gasteiger partial charge in [-0.15, -0.1) is 11.3 Å². The topological polar surface area (TPSA) is 239 Å². The first kappa shape index (κ1) is 51.8. The fourth-order valence-electron chi connectivity index (χ4n) is 9.71. The average Bonchev–Trinajstić information content (AvgIpc) is 4.05. The predicted octanol–water partition coefficient (Wildman–Crippen LogP) is 4.53. The fraction of sp³-hybridized carbons (Fsp3) is 0.491. The highest BCUT2D eigenvalue weighted by atomic mass is 32.1. The number of likely N-dealkylation sites (tertiary alicyclic amines) is 1. The first-order chi connectivity index (χ1) is 33.4. The van der Waals surface area contributed by atoms with Crippen LogP contribution in [0.3, 0.4) is 0 Å². The summed E-state index contributed by atoms with van der Waals surface area (Å²) in [6.45, 7) is 9.88. The largest absolute Gasteiger partial charge is 0.391 e. The number of benzene rings is 3. The van der Waals surface area contributed by atoms with Gasteiger partial charge in [0.05, 0.1) is 52.7 Å². The molecule has 17 heteroatoms. The Kier molecular flexibility index (Phi) is 16.9. The number of hydrogen-bond donors (Lipinski definition) is 6. The molecule has 0 spiro atoms. The second kappa shape index (κ2) is 22.8. The number of carbonyl (C=O) groups excluding carboxylic acids is 6. The summed E-state index contributed by atoms with van der Waals surface area (Å²) in [5.41, 5.74) is 20.5. The Morgan fingerprint density at radius 1 is 0.929 bits per heavy atom. The van der Waals surface area contributed by atoms with Crippen molar-refractivity contribution >= 4 is 52.5 Å². The van der Waals surface area contributed by atoms with E-state index in [0.717, 1.165) is 49.6 Å². The molecule has 0 unspecified atom stereocenters. The SMILES string of the molecule is Cc1ncsc1-c1ccc(CNC(=O)[C@@H]2C[C@@H](O)CN2C(=O)[C@@H](NC(=O)CCCCc2cccc(CO[C@H](C)[C@H](CCC(N)=O)NC(=O)[C@@H]3Cc4cccc5c4N3C(=O)[C@@H](N)CC5)c2)C(C)(C)C)cc1. The van der Waals surface area contributed by atoms with Gasteiger partial charge in [-0.05, 0) is 91.2 Å². The first-order valence-corrected chi connectivity index (χ1v) is 25.3. The van der Waals surface area contributed by atoms with E-state index >= 15 is 0 Å². The number of carbonyl (C=O) groups is 6. The third-order valence-corrected chi connectivity index (χ3v) is 14.7. The highest BCUT2D eigenvalue weighted by Crippen LogP contribution is 2.39. The maximum atomic E-state index is 14.1. The van der Waals surface area contributed by atoms with Gasteiger partial charge in [-0.1, -0.05) is 87.5 Å². The number of aromatic nitrogens is 1. The molecule has 0 aliphatic carbocycles. The van der Waals surface area contributed by atoms with Gasteiger partial charge in [-0.25, -0.2) is 4.98 Å². The molecule has 8 N–H and O–H groups in total. The number of amides is 6. The van der Waals surface area contributed by atoms with Crippen molar-refractivity contribution in [3.8, 4) is 10.4 Å². The van der Waals surface area contributed by atoms with E-state index in [1.165, 1.54) is 4.90 Å². The van der Waals surface area contributed by atoms with E-state index < -0.39 is 59.6 Å². The summed E-state index contributed by atoms with van der Waals surface area (Å²) >= 11 is 1.57. The number of thiazole rings is 1. The van der Waals surface area contributed by atoms with Gasteiger partial charge in [0.1, 0.15) is 18.1 Å². The monoisotopic (exact) mass is 976 g/mol. The molecule has 0 radical (unpaired) electrons. The Balaban J connectivity index is 0.880. The smallest absolute Gasteiger partial charge is 0.246 e. The molecule has 7 atom stereocenters. The number of nitrogens with zero attached hydrogens (tertiary/aromatic N) is 3. The number of aliphatic hydroxyl groups excluding tert-OH is 1. The van der Waals surface area contributed by atoms with Gasteiger partial charge < -0.3 is 42.2 Å². The van der Waals surface area contributed by atoms with Crippen LogP contribution < -0.4 is 32.3 Å². The van der Waals surface area contributed by atoms with Crippen LogP contribution in [0.15, 0.2) is 72.2 Å². The van der Waals surface area contributed by atoms with E-state index in [1.807, 2.05) is 107 Å². The molecule has 1 fully saturated rings. The fourth-order valence-corrected chi connectivity index (χ4v) is 10.5. The minimum atomic E-state index is -0.920. The minimum absolute atomic E-state index is 0.00754. The molecule has 1 aromatic heterocycles. The summed E-state index contributed by atoms with van der Waals surface area (Å²) in [4.78, 5) is 88.7. The molecule has 70 heavy (non-hydrogen) atoms. The zero-order chi connectivity index (χ0) is 50.3. The second-order valence-corrected chi connectivity index (χ2v) is 21.0. The normalized spacial score (nSPS) is 20.0. The van der Waals surface area contributed by atoms with Crippen molar-refractivity contribution < 1.29 is 38.6 Å². The number of aryl methyl sites for hydroxylation is 3. The zero-order valence-electron chi connectivity index (χ0n) is 40.9. The number of unbranched alkanes of at least 4 members (excludes halogenated alkanes) is 1. The van der Waals surface area contributed by atoms with Crippen molar-refractivity contribution in [2.75, 3.05) is 11.4 Å². The molecule has 3 aliphatic heterocycles. The Morgan fingerprint density at radius 2 is 1.66 bits per heavy atom. The summed E-state index contributed by atoms with van der Waals surface area (Å²) in [7, 11) is 0. The average molecular weight is 977 g/mol. The Bertz CT molecular complexity index is 2540. The number of para-hydroxylation sites is 1. The zero-order valence-corrected chi connectivity index (χ0v) is 41.7. The molecule has 374 valence electrons. The van der Waals surface area contributed by atoms with Gasteiger partial charge in [0.25, 0.3) is 0 Å². The van der Waals surface area contributed by atoms with Crippen molar-refractivity contribution in [1.82, 2.24) is 25.8 Å². The van der Waals surface area contributed by atoms with Crippen LogP contribution in [-0.4, -0.2) is 99.4 Å². The minimum Gasteiger partial charge on any atom is -0.391 e. The Labute approximate surface area is 414 Å². The molecular weight excluding hydrogens is 909 g/mol. The number of primary amides is 1. The molecule has 3 aromatic carbocycles. The molecule has 0 bridgehead atoms. The second-order valence-electron chi connectivity index (χ2n) is 20.1. The maximum absolute atomic E-state index is 14.1. The number of nitrogens with one attached hydrogen (secondary N) is 3. The molecule has 16 nitrogen and oxygen atoms in total. The predicted molar refractivity (Wildman–Crippen MR) is 268 cm³/mol. The summed E-state index contributed by atoms with van der Waals surface area (Å²) in [6, 6.07) is 17.8. The van der Waals surface area contributed by atoms with Crippen molar-refractivity contribution in [2.24, 2.45) is 16.9 Å². The quantitative estimate of drug-likeness (QED) is 0.0677. The number of β-amino-alcohol motifs (C(OH)–C–C–N with tert-alkyl or cyclic N) is 1. The Morgan fingerprint density at radius 3 is 2.37 bits per heavy atom. The molecule has 6 amide bonds. The van der Waals surface area contributed by atoms with Crippen LogP contribution in [0.4, 0.5) is 5.69 Å². The van der Waals surface area contributed by atoms with Crippen LogP contribution in [0.2, 0.25) is 0 Å². The molecule has 0 saturated carbocycles. The summed E-state index contributed by atoms with van der Waals surface area (Å²) in [6.07, 6.45) is 2.67. The lowest BCUT2D eigenvalue weighted by molar-refractivity contribution is -0.144. The van der Waals surface area contributed by atoms with E-state index in [0.29, 0.717) is 38.5 Å². The van der Waals surface area contributed by atoms with Crippen LogP contribution in [0, 0.1) is 12.3 Å². The van der Waals surface area contributed by atoms with Crippen molar-refractivity contribution in [3.05, 3.63) is 106 Å². The van der Waals surface area contributed by atoms with E-state index in [9.17, 15) is 33.9 Å². The van der Waals surface area contributed by atoms with E-state index in [-0.39, 0.29) is 69.0 Å². The summed E-state index contributed by atoms with van der Waals surface area (Å²) in [5.74, 6) is -2.17. The van der Waals surface area contributed by atoms with Gasteiger partial charge in [-0.2, -0.15) is 0 Å². The van der Waals surface area contributed by atoms with Crippen molar-refractivity contribution in [1.29, 1.82) is 0 Å². The molecular formula is C53H68N8O8S. The van der Waals surface area contributed by atoms with Crippen LogP contribution in [0.25, 0.3) is 10.4 Å². The number of hydrogen-bond acceptors (Lipinski definition) is 11. The molecule has 4 aromatic rings. The number of aliphatic hydroxyl groups is 1. The van der Waals surface area contributed by atoms with Crippen molar-refractivity contribution in [3.63, 3.8) is 0 Å². The van der Waals surface area contributed by atoms with Crippen molar-refractivity contribution in [2.45, 2.75) is 154 Å². The van der Waals surface area contributed by atoms with Gasteiger partial charge >= 0.3 is 0 Å². The lowest BCUT2D eigenvalue weighted by Crippen LogP contribution is -2.57. The van der Waals surface area contributed by atoms with Crippen LogP contribution in [0.5, 0.6) is 0 Å². The molecule has 3 aliphatic rings. The van der Waals surface area contributed by atoms with E-state index in [1.54, 1.807) is 16.2 Å². The Hall–Kier alpha value is -6.01. The van der Waals surface area contributed by atoms with Gasteiger partial charge in [-0.3, -0.25) is 33.7 Å². The summed E-state index contributed by atoms with van der Waals surface area (Å²) < 4.78 is 6.31. The first-order valence-electron chi connectivity index (χ1n) is 24.4. The van der Waals surface area contributed by atoms with Gasteiger partial charge in [0.2, 0.25) is 35.4 Å². The third kappa shape index (κ3) is 12.7. The third-order valence-electron chi connectivity index (χ3n) is 13.7. The lowest BCUT2D eigenvalue weighted by Gasteiger charge is -2.35. The highest BCUT2D eigenvalue weighted by Gasteiger charge is 2.45. The van der Waals surface area contributed by atoms with E-state index in [4.69, 9.17) is 16.2 Å². The van der Waals surface area contributed by atoms with E-state index in [2.05, 4.69) is 20.9 Å². The number of nitrogens with two attached hydrogens (primary N) is 2. The molecule has 7 rings (SSSR count). The molecule has 1 saturated heterocycles. The van der Waals surface area contributed by atoms with Crippen LogP contribution in [0.1, 0.15) is 106 Å². The van der Waals surface area contributed by atoms with Crippen LogP contribution in [-0.2, 0) is 65.9 Å². The number of ether oxygens (including phenoxy) is 1. The van der Waals surface area contributed by atoms with Gasteiger partial charge in [0, 0.05) is 38.8 Å². The molecule has 4 heterocycles.